The summed E-state index contributed by atoms with van der Waals surface area (Å²) in [6.07, 6.45) is 4.16. The maximum absolute atomic E-state index is 5.72. The summed E-state index contributed by atoms with van der Waals surface area (Å²) in [5.74, 6) is 1.84. The van der Waals surface area contributed by atoms with Gasteiger partial charge in [0, 0.05) is 11.1 Å². The Bertz CT molecular complexity index is 599. The Balaban J connectivity index is 2.32. The first-order valence-corrected chi connectivity index (χ1v) is 7.79. The number of benzene rings is 2. The number of aryl methyl sites for hydroxylation is 2. The molecule has 0 heterocycles. The van der Waals surface area contributed by atoms with Crippen molar-refractivity contribution in [2.45, 2.75) is 27.7 Å². The summed E-state index contributed by atoms with van der Waals surface area (Å²) in [7, 11) is 0. The molecule has 2 aromatic carbocycles. The minimum atomic E-state index is 0.666. The standard InChI is InChI=1S/C20H24O2/c1-5-21-19-13-15(3)7-9-17(19)11-12-18-10-8-16(4)14-20(18)22-6-2/h7-14H,5-6H2,1-4H3/b12-11+. The van der Waals surface area contributed by atoms with E-state index in [-0.39, 0.29) is 0 Å². The van der Waals surface area contributed by atoms with Crippen LogP contribution >= 0.6 is 0 Å². The fourth-order valence-electron chi connectivity index (χ4n) is 2.30. The molecule has 0 saturated heterocycles. The smallest absolute Gasteiger partial charge is 0.126 e. The van der Waals surface area contributed by atoms with E-state index in [1.807, 2.05) is 13.8 Å². The van der Waals surface area contributed by atoms with Crippen molar-refractivity contribution in [1.29, 1.82) is 0 Å². The predicted molar refractivity (Wildman–Crippen MR) is 93.6 cm³/mol. The summed E-state index contributed by atoms with van der Waals surface area (Å²) >= 11 is 0. The van der Waals surface area contributed by atoms with E-state index in [2.05, 4.69) is 62.4 Å². The monoisotopic (exact) mass is 296 g/mol. The zero-order chi connectivity index (χ0) is 15.9. The van der Waals surface area contributed by atoms with Gasteiger partial charge in [0.2, 0.25) is 0 Å². The average Bonchev–Trinajstić information content (AvgIpc) is 2.49. The highest BCUT2D eigenvalue weighted by molar-refractivity contribution is 5.75. The molecule has 0 N–H and O–H groups in total. The first-order chi connectivity index (χ1) is 10.6. The Morgan fingerprint density at radius 3 is 1.50 bits per heavy atom. The second-order valence-corrected chi connectivity index (χ2v) is 5.28. The molecule has 0 atom stereocenters. The summed E-state index contributed by atoms with van der Waals surface area (Å²) in [6, 6.07) is 12.5. The van der Waals surface area contributed by atoms with Crippen LogP contribution in [0.15, 0.2) is 36.4 Å². The van der Waals surface area contributed by atoms with Gasteiger partial charge in [0.25, 0.3) is 0 Å². The fourth-order valence-corrected chi connectivity index (χ4v) is 2.30. The van der Waals surface area contributed by atoms with Crippen LogP contribution in [-0.2, 0) is 0 Å². The average molecular weight is 296 g/mol. The van der Waals surface area contributed by atoms with Crippen LogP contribution in [0.1, 0.15) is 36.1 Å². The highest BCUT2D eigenvalue weighted by atomic mass is 16.5. The van der Waals surface area contributed by atoms with E-state index in [0.717, 1.165) is 22.6 Å². The third kappa shape index (κ3) is 4.14. The molecule has 116 valence electrons. The number of rotatable bonds is 6. The molecule has 0 aliphatic heterocycles. The Hall–Kier alpha value is -2.22. The van der Waals surface area contributed by atoms with Crippen molar-refractivity contribution in [1.82, 2.24) is 0 Å². The summed E-state index contributed by atoms with van der Waals surface area (Å²) in [5.41, 5.74) is 4.56. The summed E-state index contributed by atoms with van der Waals surface area (Å²) in [5, 5.41) is 0. The summed E-state index contributed by atoms with van der Waals surface area (Å²) in [6.45, 7) is 9.48. The van der Waals surface area contributed by atoms with Gasteiger partial charge in [0.15, 0.2) is 0 Å². The Morgan fingerprint density at radius 2 is 1.14 bits per heavy atom. The molecule has 0 unspecified atom stereocenters. The molecule has 2 rings (SSSR count). The number of ether oxygens (including phenoxy) is 2. The summed E-state index contributed by atoms with van der Waals surface area (Å²) in [4.78, 5) is 0. The second kappa shape index (κ2) is 7.69. The first kappa shape index (κ1) is 16.2. The molecule has 0 amide bonds. The zero-order valence-electron chi connectivity index (χ0n) is 13.8. The van der Waals surface area contributed by atoms with Gasteiger partial charge in [-0.05, 0) is 51.0 Å². The fraction of sp³-hybridized carbons (Fsp3) is 0.300. The maximum Gasteiger partial charge on any atom is 0.126 e. The molecule has 0 bridgehead atoms. The van der Waals surface area contributed by atoms with Crippen LogP contribution in [-0.4, -0.2) is 13.2 Å². The normalized spacial score (nSPS) is 10.9. The minimum Gasteiger partial charge on any atom is -0.493 e. The van der Waals surface area contributed by atoms with Crippen molar-refractivity contribution in [2.24, 2.45) is 0 Å². The van der Waals surface area contributed by atoms with Crippen LogP contribution in [0, 0.1) is 13.8 Å². The van der Waals surface area contributed by atoms with Crippen LogP contribution in [0.4, 0.5) is 0 Å². The molecule has 0 fully saturated rings. The van der Waals surface area contributed by atoms with Crippen LogP contribution in [0.5, 0.6) is 11.5 Å². The quantitative estimate of drug-likeness (QED) is 0.676. The van der Waals surface area contributed by atoms with Crippen LogP contribution in [0.25, 0.3) is 12.2 Å². The molecule has 2 aromatic rings. The zero-order valence-corrected chi connectivity index (χ0v) is 13.8. The van der Waals surface area contributed by atoms with Crippen molar-refractivity contribution in [3.63, 3.8) is 0 Å². The highest BCUT2D eigenvalue weighted by Crippen LogP contribution is 2.26. The van der Waals surface area contributed by atoms with Gasteiger partial charge in [-0.15, -0.1) is 0 Å². The van der Waals surface area contributed by atoms with Crippen molar-refractivity contribution < 1.29 is 9.47 Å². The van der Waals surface area contributed by atoms with E-state index in [4.69, 9.17) is 9.47 Å². The van der Waals surface area contributed by atoms with E-state index in [1.165, 1.54) is 11.1 Å². The molecular weight excluding hydrogens is 272 g/mol. The van der Waals surface area contributed by atoms with Crippen molar-refractivity contribution >= 4 is 12.2 Å². The summed E-state index contributed by atoms with van der Waals surface area (Å²) < 4.78 is 11.4. The lowest BCUT2D eigenvalue weighted by molar-refractivity contribution is 0.339. The van der Waals surface area contributed by atoms with Crippen molar-refractivity contribution in [2.75, 3.05) is 13.2 Å². The lowest BCUT2D eigenvalue weighted by Crippen LogP contribution is -1.95. The van der Waals surface area contributed by atoms with Crippen molar-refractivity contribution in [3.8, 4) is 11.5 Å². The van der Waals surface area contributed by atoms with Gasteiger partial charge in [0.05, 0.1) is 13.2 Å². The Kier molecular flexibility index (Phi) is 5.65. The Labute approximate surface area is 133 Å². The Morgan fingerprint density at radius 1 is 0.727 bits per heavy atom. The second-order valence-electron chi connectivity index (χ2n) is 5.28. The van der Waals surface area contributed by atoms with Gasteiger partial charge >= 0.3 is 0 Å². The molecule has 0 radical (unpaired) electrons. The molecule has 0 saturated carbocycles. The molecule has 0 spiro atoms. The largest absolute Gasteiger partial charge is 0.493 e. The number of hydrogen-bond donors (Lipinski definition) is 0. The molecule has 2 nitrogen and oxygen atoms in total. The SMILES string of the molecule is CCOc1cc(C)ccc1/C=C/c1ccc(C)cc1OCC. The van der Waals surface area contributed by atoms with Gasteiger partial charge in [-0.3, -0.25) is 0 Å². The van der Waals surface area contributed by atoms with Crippen LogP contribution in [0.2, 0.25) is 0 Å². The van der Waals surface area contributed by atoms with Gasteiger partial charge in [-0.25, -0.2) is 0 Å². The minimum absolute atomic E-state index is 0.666. The van der Waals surface area contributed by atoms with E-state index in [0.29, 0.717) is 13.2 Å². The highest BCUT2D eigenvalue weighted by Gasteiger charge is 2.03. The van der Waals surface area contributed by atoms with E-state index in [1.54, 1.807) is 0 Å². The lowest BCUT2D eigenvalue weighted by Gasteiger charge is -2.10. The molecule has 0 aromatic heterocycles. The predicted octanol–water partition coefficient (Wildman–Crippen LogP) is 5.27. The lowest BCUT2D eigenvalue weighted by atomic mass is 10.1. The molecule has 22 heavy (non-hydrogen) atoms. The number of hydrogen-bond acceptors (Lipinski definition) is 2. The maximum atomic E-state index is 5.72. The van der Waals surface area contributed by atoms with E-state index < -0.39 is 0 Å². The van der Waals surface area contributed by atoms with Gasteiger partial charge < -0.3 is 9.47 Å². The van der Waals surface area contributed by atoms with E-state index in [9.17, 15) is 0 Å². The molecule has 0 aliphatic rings. The molecule has 0 aliphatic carbocycles. The van der Waals surface area contributed by atoms with Crippen molar-refractivity contribution in [3.05, 3.63) is 58.7 Å². The van der Waals surface area contributed by atoms with Gasteiger partial charge in [0.1, 0.15) is 11.5 Å². The molecule has 2 heteroatoms. The topological polar surface area (TPSA) is 18.5 Å². The van der Waals surface area contributed by atoms with E-state index >= 15 is 0 Å². The van der Waals surface area contributed by atoms with Gasteiger partial charge in [-0.2, -0.15) is 0 Å². The first-order valence-electron chi connectivity index (χ1n) is 7.79. The third-order valence-electron chi connectivity index (χ3n) is 3.38. The third-order valence-corrected chi connectivity index (χ3v) is 3.38. The molecular formula is C20H24O2. The van der Waals surface area contributed by atoms with Gasteiger partial charge in [-0.1, -0.05) is 36.4 Å². The van der Waals surface area contributed by atoms with Crippen LogP contribution in [0.3, 0.4) is 0 Å². The van der Waals surface area contributed by atoms with Crippen LogP contribution < -0.4 is 9.47 Å².